The minimum atomic E-state index is -3.83. The van der Waals surface area contributed by atoms with E-state index in [9.17, 15) is 12.8 Å². The first-order chi connectivity index (χ1) is 8.50. The van der Waals surface area contributed by atoms with Crippen LogP contribution in [0.4, 0.5) is 4.39 Å². The molecule has 4 nitrogen and oxygen atoms in total. The highest BCUT2D eigenvalue weighted by molar-refractivity contribution is 9.10. The maximum atomic E-state index is 13.6. The average Bonchev–Trinajstić information content (AvgIpc) is 2.28. The largest absolute Gasteiger partial charge is 0.315 e. The lowest BCUT2D eigenvalue weighted by molar-refractivity contribution is 0.427. The standard InChI is InChI=1S/C11H14BrFN2O2S/c12-9-4-1-5-10(13)11(9)18(16,17)15-8-3-2-6-14-7-8/h1,4-5,8,14-15H,2-3,6-7H2. The Hall–Kier alpha value is -0.500. The van der Waals surface area contributed by atoms with E-state index < -0.39 is 15.8 Å². The molecule has 0 aliphatic carbocycles. The van der Waals surface area contributed by atoms with Gasteiger partial charge in [0.25, 0.3) is 0 Å². The summed E-state index contributed by atoms with van der Waals surface area (Å²) in [6.45, 7) is 1.47. The lowest BCUT2D eigenvalue weighted by Gasteiger charge is -2.23. The molecule has 7 heteroatoms. The molecule has 1 aliphatic heterocycles. The summed E-state index contributed by atoms with van der Waals surface area (Å²) in [5.41, 5.74) is 0. The van der Waals surface area contributed by atoms with Crippen LogP contribution in [-0.4, -0.2) is 27.5 Å². The Labute approximate surface area is 114 Å². The molecule has 0 bridgehead atoms. The highest BCUT2D eigenvalue weighted by Gasteiger charge is 2.26. The molecule has 2 rings (SSSR count). The maximum absolute atomic E-state index is 13.6. The zero-order chi connectivity index (χ0) is 13.2. The van der Waals surface area contributed by atoms with Crippen molar-refractivity contribution in [3.05, 3.63) is 28.5 Å². The van der Waals surface area contributed by atoms with Crippen LogP contribution in [0.2, 0.25) is 0 Å². The van der Waals surface area contributed by atoms with Gasteiger partial charge in [-0.3, -0.25) is 0 Å². The summed E-state index contributed by atoms with van der Waals surface area (Å²) in [5.74, 6) is -0.749. The molecule has 2 N–H and O–H groups in total. The molecule has 1 atom stereocenters. The SMILES string of the molecule is O=S(=O)(NC1CCCNC1)c1c(F)cccc1Br. The van der Waals surface area contributed by atoms with E-state index in [2.05, 4.69) is 26.0 Å². The predicted molar refractivity (Wildman–Crippen MR) is 70.3 cm³/mol. The van der Waals surface area contributed by atoms with Crippen LogP contribution in [0, 0.1) is 5.82 Å². The average molecular weight is 337 g/mol. The van der Waals surface area contributed by atoms with Gasteiger partial charge in [-0.05, 0) is 47.4 Å². The zero-order valence-electron chi connectivity index (χ0n) is 9.62. The third-order valence-electron chi connectivity index (χ3n) is 2.81. The molecule has 0 aromatic heterocycles. The minimum Gasteiger partial charge on any atom is -0.315 e. The van der Waals surface area contributed by atoms with Crippen molar-refractivity contribution >= 4 is 26.0 Å². The van der Waals surface area contributed by atoms with Crippen LogP contribution < -0.4 is 10.0 Å². The van der Waals surface area contributed by atoms with Gasteiger partial charge >= 0.3 is 0 Å². The van der Waals surface area contributed by atoms with Crippen molar-refractivity contribution in [3.8, 4) is 0 Å². The Morgan fingerprint density at radius 3 is 2.83 bits per heavy atom. The van der Waals surface area contributed by atoms with Gasteiger partial charge in [0.05, 0.1) is 0 Å². The first-order valence-corrected chi connectivity index (χ1v) is 7.95. The van der Waals surface area contributed by atoms with Gasteiger partial charge in [-0.15, -0.1) is 0 Å². The third-order valence-corrected chi connectivity index (χ3v) is 5.33. The zero-order valence-corrected chi connectivity index (χ0v) is 12.0. The van der Waals surface area contributed by atoms with Crippen LogP contribution in [0.1, 0.15) is 12.8 Å². The van der Waals surface area contributed by atoms with E-state index in [0.29, 0.717) is 6.54 Å². The van der Waals surface area contributed by atoms with Crippen LogP contribution in [0.5, 0.6) is 0 Å². The van der Waals surface area contributed by atoms with Gasteiger partial charge in [0.15, 0.2) is 0 Å². The third kappa shape index (κ3) is 3.09. The fourth-order valence-corrected chi connectivity index (χ4v) is 4.36. The molecule has 1 aromatic rings. The van der Waals surface area contributed by atoms with E-state index in [4.69, 9.17) is 0 Å². The normalized spacial score (nSPS) is 20.9. The molecule has 1 heterocycles. The van der Waals surface area contributed by atoms with Gasteiger partial charge in [0.2, 0.25) is 10.0 Å². The van der Waals surface area contributed by atoms with Crippen LogP contribution >= 0.6 is 15.9 Å². The lowest BCUT2D eigenvalue weighted by atomic mass is 10.1. The van der Waals surface area contributed by atoms with Gasteiger partial charge in [-0.25, -0.2) is 17.5 Å². The summed E-state index contributed by atoms with van der Waals surface area (Å²) >= 11 is 3.07. The molecule has 0 amide bonds. The Morgan fingerprint density at radius 1 is 1.44 bits per heavy atom. The fourth-order valence-electron chi connectivity index (χ4n) is 1.97. The van der Waals surface area contributed by atoms with Gasteiger partial charge in [0.1, 0.15) is 10.7 Å². The van der Waals surface area contributed by atoms with Crippen molar-refractivity contribution in [1.29, 1.82) is 0 Å². The molecule has 1 aromatic carbocycles. The van der Waals surface area contributed by atoms with Crippen molar-refractivity contribution in [2.75, 3.05) is 13.1 Å². The van der Waals surface area contributed by atoms with Crippen LogP contribution in [0.25, 0.3) is 0 Å². The molecule has 1 fully saturated rings. The van der Waals surface area contributed by atoms with E-state index in [1.54, 1.807) is 0 Å². The van der Waals surface area contributed by atoms with Crippen molar-refractivity contribution in [3.63, 3.8) is 0 Å². The Morgan fingerprint density at radius 2 is 2.22 bits per heavy atom. The fraction of sp³-hybridized carbons (Fsp3) is 0.455. The molecule has 0 saturated carbocycles. The summed E-state index contributed by atoms with van der Waals surface area (Å²) in [7, 11) is -3.83. The number of nitrogens with one attached hydrogen (secondary N) is 2. The highest BCUT2D eigenvalue weighted by Crippen LogP contribution is 2.25. The van der Waals surface area contributed by atoms with Gasteiger partial charge in [0, 0.05) is 17.1 Å². The monoisotopic (exact) mass is 336 g/mol. The van der Waals surface area contributed by atoms with E-state index in [1.165, 1.54) is 12.1 Å². The maximum Gasteiger partial charge on any atom is 0.244 e. The van der Waals surface area contributed by atoms with Crippen molar-refractivity contribution in [2.24, 2.45) is 0 Å². The Bertz CT molecular complexity index is 510. The lowest BCUT2D eigenvalue weighted by Crippen LogP contribution is -2.45. The second-order valence-electron chi connectivity index (χ2n) is 4.22. The van der Waals surface area contributed by atoms with Crippen molar-refractivity contribution < 1.29 is 12.8 Å². The molecular weight excluding hydrogens is 323 g/mol. The van der Waals surface area contributed by atoms with Gasteiger partial charge in [-0.1, -0.05) is 6.07 Å². The topological polar surface area (TPSA) is 58.2 Å². The molecule has 1 saturated heterocycles. The van der Waals surface area contributed by atoms with Crippen molar-refractivity contribution in [2.45, 2.75) is 23.8 Å². The van der Waals surface area contributed by atoms with E-state index >= 15 is 0 Å². The Kier molecular flexibility index (Phi) is 4.37. The summed E-state index contributed by atoms with van der Waals surface area (Å²) in [6, 6.07) is 3.92. The summed E-state index contributed by atoms with van der Waals surface area (Å²) in [6.07, 6.45) is 1.67. The number of hydrogen-bond acceptors (Lipinski definition) is 3. The molecule has 18 heavy (non-hydrogen) atoms. The first kappa shape index (κ1) is 13.9. The number of benzene rings is 1. The molecule has 0 radical (unpaired) electrons. The number of hydrogen-bond donors (Lipinski definition) is 2. The second kappa shape index (κ2) is 5.64. The summed E-state index contributed by atoms with van der Waals surface area (Å²) < 4.78 is 40.7. The number of rotatable bonds is 3. The molecular formula is C11H14BrFN2O2S. The Balaban J connectivity index is 2.25. The van der Waals surface area contributed by atoms with Crippen molar-refractivity contribution in [1.82, 2.24) is 10.0 Å². The highest BCUT2D eigenvalue weighted by atomic mass is 79.9. The summed E-state index contributed by atoms with van der Waals surface area (Å²) in [5, 5.41) is 3.11. The molecule has 100 valence electrons. The smallest absolute Gasteiger partial charge is 0.244 e. The van der Waals surface area contributed by atoms with E-state index in [-0.39, 0.29) is 15.4 Å². The number of piperidine rings is 1. The van der Waals surface area contributed by atoms with Crippen LogP contribution in [0.3, 0.4) is 0 Å². The van der Waals surface area contributed by atoms with E-state index in [1.807, 2.05) is 0 Å². The first-order valence-electron chi connectivity index (χ1n) is 5.68. The second-order valence-corrected chi connectivity index (χ2v) is 6.72. The van der Waals surface area contributed by atoms with Gasteiger partial charge in [-0.2, -0.15) is 0 Å². The van der Waals surface area contributed by atoms with Gasteiger partial charge < -0.3 is 5.32 Å². The summed E-state index contributed by atoms with van der Waals surface area (Å²) in [4.78, 5) is -0.324. The van der Waals surface area contributed by atoms with Crippen LogP contribution in [0.15, 0.2) is 27.6 Å². The minimum absolute atomic E-state index is 0.185. The molecule has 0 spiro atoms. The predicted octanol–water partition coefficient (Wildman–Crippen LogP) is 1.62. The van der Waals surface area contributed by atoms with E-state index in [0.717, 1.165) is 25.5 Å². The molecule has 1 aliphatic rings. The number of sulfonamides is 1. The number of halogens is 2. The molecule has 1 unspecified atom stereocenters. The van der Waals surface area contributed by atoms with Crippen LogP contribution in [-0.2, 0) is 10.0 Å². The quantitative estimate of drug-likeness (QED) is 0.881.